The number of likely N-dealkylation sites (tertiary alicyclic amines) is 1. The third-order valence-corrected chi connectivity index (χ3v) is 7.01. The maximum atomic E-state index is 13.5. The molecule has 0 spiro atoms. The van der Waals surface area contributed by atoms with Crippen LogP contribution in [0.5, 0.6) is 0 Å². The molecule has 0 radical (unpaired) electrons. The molecule has 118 valence electrons. The van der Waals surface area contributed by atoms with Gasteiger partial charge in [0, 0.05) is 12.6 Å². The van der Waals surface area contributed by atoms with Gasteiger partial charge in [0.1, 0.15) is 0 Å². The molecule has 1 unspecified atom stereocenters. The van der Waals surface area contributed by atoms with E-state index in [1.807, 2.05) is 0 Å². The maximum absolute atomic E-state index is 13.5. The van der Waals surface area contributed by atoms with Crippen molar-refractivity contribution in [2.75, 3.05) is 6.54 Å². The summed E-state index contributed by atoms with van der Waals surface area (Å²) in [5.41, 5.74) is 0.289. The molecule has 0 aromatic rings. The first kappa shape index (κ1) is 14.1. The van der Waals surface area contributed by atoms with E-state index in [2.05, 4.69) is 25.7 Å². The van der Waals surface area contributed by atoms with Gasteiger partial charge < -0.3 is 4.90 Å². The fraction of sp³-hybridized carbons (Fsp3) is 0.947. The first-order valence-corrected chi connectivity index (χ1v) is 9.18. The summed E-state index contributed by atoms with van der Waals surface area (Å²) in [5.74, 6) is 3.17. The Kier molecular flexibility index (Phi) is 3.01. The van der Waals surface area contributed by atoms with E-state index in [4.69, 9.17) is 0 Å². The topological polar surface area (TPSA) is 20.3 Å². The molecular weight excluding hydrogens is 258 g/mol. The molecule has 2 nitrogen and oxygen atoms in total. The van der Waals surface area contributed by atoms with Crippen LogP contribution in [0.2, 0.25) is 0 Å². The van der Waals surface area contributed by atoms with Crippen molar-refractivity contribution in [3.63, 3.8) is 0 Å². The van der Waals surface area contributed by atoms with Crippen LogP contribution in [0.25, 0.3) is 0 Å². The van der Waals surface area contributed by atoms with Gasteiger partial charge in [-0.25, -0.2) is 0 Å². The lowest BCUT2D eigenvalue weighted by Crippen LogP contribution is -2.56. The van der Waals surface area contributed by atoms with Crippen LogP contribution < -0.4 is 0 Å². The monoisotopic (exact) mass is 289 g/mol. The normalized spacial score (nSPS) is 45.4. The Hall–Kier alpha value is -0.530. The van der Waals surface area contributed by atoms with Gasteiger partial charge in [-0.1, -0.05) is 20.8 Å². The maximum Gasteiger partial charge on any atom is 0.229 e. The first-order valence-electron chi connectivity index (χ1n) is 9.18. The molecule has 21 heavy (non-hydrogen) atoms. The number of rotatable bonds is 1. The van der Waals surface area contributed by atoms with Crippen molar-refractivity contribution in [2.45, 2.75) is 78.2 Å². The third kappa shape index (κ3) is 2.16. The Morgan fingerprint density at radius 2 is 1.52 bits per heavy atom. The summed E-state index contributed by atoms with van der Waals surface area (Å²) in [7, 11) is 0. The van der Waals surface area contributed by atoms with Crippen LogP contribution in [-0.2, 0) is 4.79 Å². The molecule has 1 saturated heterocycles. The molecule has 1 atom stereocenters. The van der Waals surface area contributed by atoms with Crippen LogP contribution in [0.3, 0.4) is 0 Å². The van der Waals surface area contributed by atoms with Crippen LogP contribution in [0.1, 0.15) is 72.1 Å². The van der Waals surface area contributed by atoms with Gasteiger partial charge in [-0.3, -0.25) is 4.79 Å². The van der Waals surface area contributed by atoms with Crippen LogP contribution in [0, 0.1) is 28.6 Å². The van der Waals surface area contributed by atoms with Crippen molar-refractivity contribution in [3.05, 3.63) is 0 Å². The zero-order valence-corrected chi connectivity index (χ0v) is 14.0. The summed E-state index contributed by atoms with van der Waals surface area (Å²) in [5, 5.41) is 0. The van der Waals surface area contributed by atoms with Crippen LogP contribution in [0.15, 0.2) is 0 Å². The number of hydrogen-bond acceptors (Lipinski definition) is 1. The van der Waals surface area contributed by atoms with Crippen molar-refractivity contribution in [1.82, 2.24) is 4.90 Å². The first-order chi connectivity index (χ1) is 9.87. The van der Waals surface area contributed by atoms with E-state index in [1.165, 1.54) is 51.4 Å². The molecule has 4 aliphatic carbocycles. The highest BCUT2D eigenvalue weighted by molar-refractivity contribution is 5.84. The second-order valence-corrected chi connectivity index (χ2v) is 9.72. The Bertz CT molecular complexity index is 412. The molecule has 4 bridgehead atoms. The summed E-state index contributed by atoms with van der Waals surface area (Å²) in [6.07, 6.45) is 10.3. The molecule has 5 aliphatic rings. The minimum atomic E-state index is 0.0581. The lowest BCUT2D eigenvalue weighted by Gasteiger charge is -2.57. The molecule has 2 heteroatoms. The summed E-state index contributed by atoms with van der Waals surface area (Å²) in [6, 6.07) is 0.470. The number of carbonyl (C=O) groups is 1. The lowest BCUT2D eigenvalue weighted by molar-refractivity contribution is -0.160. The number of carbonyl (C=O) groups excluding carboxylic acids is 1. The lowest BCUT2D eigenvalue weighted by atomic mass is 9.49. The molecule has 1 amide bonds. The fourth-order valence-electron chi connectivity index (χ4n) is 6.59. The Balaban J connectivity index is 1.60. The van der Waals surface area contributed by atoms with Gasteiger partial charge in [0.2, 0.25) is 5.91 Å². The van der Waals surface area contributed by atoms with Gasteiger partial charge in [0.05, 0.1) is 5.41 Å². The smallest absolute Gasteiger partial charge is 0.229 e. The van der Waals surface area contributed by atoms with Crippen molar-refractivity contribution in [2.24, 2.45) is 28.6 Å². The van der Waals surface area contributed by atoms with E-state index >= 15 is 0 Å². The molecule has 5 rings (SSSR count). The zero-order valence-electron chi connectivity index (χ0n) is 14.0. The molecular formula is C19H31NO. The zero-order chi connectivity index (χ0) is 14.8. The van der Waals surface area contributed by atoms with Crippen molar-refractivity contribution >= 4 is 5.91 Å². The molecule has 0 aromatic carbocycles. The summed E-state index contributed by atoms with van der Waals surface area (Å²) in [6.45, 7) is 7.94. The summed E-state index contributed by atoms with van der Waals surface area (Å²) >= 11 is 0. The van der Waals surface area contributed by atoms with Crippen LogP contribution in [0.4, 0.5) is 0 Å². The largest absolute Gasteiger partial charge is 0.339 e. The molecule has 0 N–H and O–H groups in total. The molecule has 4 saturated carbocycles. The van der Waals surface area contributed by atoms with Crippen molar-refractivity contribution < 1.29 is 4.79 Å². The van der Waals surface area contributed by atoms with Gasteiger partial charge in [0.25, 0.3) is 0 Å². The Morgan fingerprint density at radius 3 is 2.00 bits per heavy atom. The highest BCUT2D eigenvalue weighted by Crippen LogP contribution is 2.61. The standard InChI is InChI=1S/C19H31NO/c1-18(2,3)16-5-4-6-20(16)17(21)19-10-13-7-14(11-19)9-15(8-13)12-19/h13-16H,4-12H2,1-3H3. The van der Waals surface area contributed by atoms with E-state index in [9.17, 15) is 4.79 Å². The third-order valence-electron chi connectivity index (χ3n) is 7.01. The van der Waals surface area contributed by atoms with Crippen molar-refractivity contribution in [3.8, 4) is 0 Å². The quantitative estimate of drug-likeness (QED) is 0.707. The fourth-order valence-corrected chi connectivity index (χ4v) is 6.59. The second kappa shape index (κ2) is 4.49. The van der Waals surface area contributed by atoms with E-state index < -0.39 is 0 Å². The number of amides is 1. The average molecular weight is 289 g/mol. The minimum absolute atomic E-state index is 0.0581. The van der Waals surface area contributed by atoms with Crippen LogP contribution in [-0.4, -0.2) is 23.4 Å². The number of nitrogens with zero attached hydrogens (tertiary/aromatic N) is 1. The van der Waals surface area contributed by atoms with Crippen molar-refractivity contribution in [1.29, 1.82) is 0 Å². The minimum Gasteiger partial charge on any atom is -0.339 e. The highest BCUT2D eigenvalue weighted by atomic mass is 16.2. The van der Waals surface area contributed by atoms with E-state index in [0.29, 0.717) is 11.9 Å². The van der Waals surface area contributed by atoms with Gasteiger partial charge in [0.15, 0.2) is 0 Å². The van der Waals surface area contributed by atoms with E-state index in [1.54, 1.807) is 0 Å². The predicted molar refractivity (Wildman–Crippen MR) is 84.8 cm³/mol. The van der Waals surface area contributed by atoms with Crippen LogP contribution >= 0.6 is 0 Å². The molecule has 1 aliphatic heterocycles. The SMILES string of the molecule is CC(C)(C)C1CCCN1C(=O)C12CC3CC(CC(C3)C1)C2. The summed E-state index contributed by atoms with van der Waals surface area (Å²) in [4.78, 5) is 15.8. The summed E-state index contributed by atoms with van der Waals surface area (Å²) < 4.78 is 0. The van der Waals surface area contributed by atoms with Gasteiger partial charge in [-0.15, -0.1) is 0 Å². The Morgan fingerprint density at radius 1 is 1.00 bits per heavy atom. The van der Waals surface area contributed by atoms with E-state index in [-0.39, 0.29) is 10.8 Å². The predicted octanol–water partition coefficient (Wildman–Crippen LogP) is 4.24. The van der Waals surface area contributed by atoms with Gasteiger partial charge in [-0.05, 0) is 74.5 Å². The average Bonchev–Trinajstić information content (AvgIpc) is 2.84. The Labute approximate surface area is 129 Å². The van der Waals surface area contributed by atoms with E-state index in [0.717, 1.165) is 24.3 Å². The molecule has 0 aromatic heterocycles. The molecule has 5 fully saturated rings. The van der Waals surface area contributed by atoms with Gasteiger partial charge >= 0.3 is 0 Å². The highest BCUT2D eigenvalue weighted by Gasteiger charge is 2.56. The number of hydrogen-bond donors (Lipinski definition) is 0. The van der Waals surface area contributed by atoms with Gasteiger partial charge in [-0.2, -0.15) is 0 Å². The second-order valence-electron chi connectivity index (χ2n) is 9.72. The molecule has 1 heterocycles.